The van der Waals surface area contributed by atoms with Crippen molar-refractivity contribution in [2.24, 2.45) is 5.92 Å². The molecule has 32 heavy (non-hydrogen) atoms. The Morgan fingerprint density at radius 3 is 2.25 bits per heavy atom. The van der Waals surface area contributed by atoms with E-state index in [0.717, 1.165) is 12.1 Å². The van der Waals surface area contributed by atoms with Crippen LogP contribution in [-0.4, -0.2) is 55.3 Å². The average molecular weight is 444 g/mol. The van der Waals surface area contributed by atoms with Crippen molar-refractivity contribution < 1.29 is 32.6 Å². The minimum Gasteiger partial charge on any atom is -0.486 e. The highest BCUT2D eigenvalue weighted by Gasteiger charge is 2.29. The molecule has 2 aromatic rings. The van der Waals surface area contributed by atoms with Crippen LogP contribution in [0, 0.1) is 17.6 Å². The topological polar surface area (TPSA) is 84.9 Å². The number of Topliss-reactive ketones (excluding diaryl/α,β-unsaturated/α-hetero) is 1. The van der Waals surface area contributed by atoms with Gasteiger partial charge in [0.05, 0.1) is 6.54 Å². The van der Waals surface area contributed by atoms with Gasteiger partial charge in [-0.15, -0.1) is 0 Å². The van der Waals surface area contributed by atoms with Gasteiger partial charge in [0.2, 0.25) is 5.91 Å². The predicted octanol–water partition coefficient (Wildman–Crippen LogP) is 2.59. The largest absolute Gasteiger partial charge is 0.486 e. The normalized spacial score (nSPS) is 15.9. The molecule has 4 rings (SSSR count). The van der Waals surface area contributed by atoms with E-state index < -0.39 is 17.5 Å². The van der Waals surface area contributed by atoms with Crippen molar-refractivity contribution in [2.75, 3.05) is 32.8 Å². The first-order chi connectivity index (χ1) is 15.4. The summed E-state index contributed by atoms with van der Waals surface area (Å²) >= 11 is 0. The number of fused-ring (bicyclic) bond motifs is 1. The summed E-state index contributed by atoms with van der Waals surface area (Å²) in [6.07, 6.45) is 1.00. The zero-order valence-corrected chi connectivity index (χ0v) is 17.2. The molecule has 0 bridgehead atoms. The molecule has 1 fully saturated rings. The standard InChI is InChI=1S/C23H22F2N2O5/c24-17-9-16(10-18(25)12-17)23(30)26-13-21(28)27-5-3-14(4-6-27)22(29)15-1-2-19-20(11-15)32-8-7-31-19/h1-2,9-12,14H,3-8,13H2,(H,26,30). The number of halogens is 2. The van der Waals surface area contributed by atoms with Crippen LogP contribution in [-0.2, 0) is 4.79 Å². The van der Waals surface area contributed by atoms with Gasteiger partial charge in [-0.1, -0.05) is 0 Å². The number of ketones is 1. The van der Waals surface area contributed by atoms with Crippen molar-refractivity contribution >= 4 is 17.6 Å². The van der Waals surface area contributed by atoms with Gasteiger partial charge in [-0.05, 0) is 43.2 Å². The quantitative estimate of drug-likeness (QED) is 0.717. The van der Waals surface area contributed by atoms with Gasteiger partial charge in [0.25, 0.3) is 5.91 Å². The van der Waals surface area contributed by atoms with Crippen LogP contribution in [0.1, 0.15) is 33.6 Å². The van der Waals surface area contributed by atoms with Crippen LogP contribution in [0.15, 0.2) is 36.4 Å². The van der Waals surface area contributed by atoms with E-state index in [1.165, 1.54) is 0 Å². The first kappa shape index (κ1) is 21.7. The molecule has 1 N–H and O–H groups in total. The number of rotatable bonds is 5. The van der Waals surface area contributed by atoms with Crippen molar-refractivity contribution in [1.82, 2.24) is 10.2 Å². The molecule has 2 aliphatic heterocycles. The maximum atomic E-state index is 13.2. The number of carbonyl (C=O) groups excluding carboxylic acids is 3. The summed E-state index contributed by atoms with van der Waals surface area (Å²) in [4.78, 5) is 38.9. The van der Waals surface area contributed by atoms with Crippen LogP contribution >= 0.6 is 0 Å². The fraction of sp³-hybridized carbons (Fsp3) is 0.348. The van der Waals surface area contributed by atoms with Crippen LogP contribution < -0.4 is 14.8 Å². The Bertz CT molecular complexity index is 1030. The van der Waals surface area contributed by atoms with E-state index in [4.69, 9.17) is 9.47 Å². The number of carbonyl (C=O) groups is 3. The Morgan fingerprint density at radius 2 is 1.56 bits per heavy atom. The summed E-state index contributed by atoms with van der Waals surface area (Å²) in [5, 5.41) is 2.38. The number of hydrogen-bond donors (Lipinski definition) is 1. The van der Waals surface area contributed by atoms with E-state index in [1.807, 2.05) is 0 Å². The fourth-order valence-electron chi connectivity index (χ4n) is 3.88. The van der Waals surface area contributed by atoms with Gasteiger partial charge in [-0.25, -0.2) is 8.78 Å². The molecule has 2 heterocycles. The van der Waals surface area contributed by atoms with E-state index in [2.05, 4.69) is 5.32 Å². The highest BCUT2D eigenvalue weighted by Crippen LogP contribution is 2.32. The molecule has 0 unspecified atom stereocenters. The zero-order chi connectivity index (χ0) is 22.7. The van der Waals surface area contributed by atoms with Crippen molar-refractivity contribution in [3.05, 3.63) is 59.2 Å². The lowest BCUT2D eigenvalue weighted by Gasteiger charge is -2.31. The molecule has 0 aliphatic carbocycles. The van der Waals surface area contributed by atoms with Crippen LogP contribution in [0.4, 0.5) is 8.78 Å². The minimum atomic E-state index is -0.869. The second kappa shape index (κ2) is 9.33. The summed E-state index contributed by atoms with van der Waals surface area (Å²) in [6, 6.07) is 7.61. The lowest BCUT2D eigenvalue weighted by molar-refractivity contribution is -0.131. The lowest BCUT2D eigenvalue weighted by Crippen LogP contribution is -2.45. The van der Waals surface area contributed by atoms with Gasteiger partial charge in [0.15, 0.2) is 17.3 Å². The zero-order valence-electron chi connectivity index (χ0n) is 17.2. The summed E-state index contributed by atoms with van der Waals surface area (Å²) in [5.41, 5.74) is 0.354. The third-order valence-corrected chi connectivity index (χ3v) is 5.57. The molecule has 0 spiro atoms. The molecular weight excluding hydrogens is 422 g/mol. The third-order valence-electron chi connectivity index (χ3n) is 5.57. The van der Waals surface area contributed by atoms with Crippen molar-refractivity contribution in [3.8, 4) is 11.5 Å². The summed E-state index contributed by atoms with van der Waals surface area (Å²) in [7, 11) is 0. The SMILES string of the molecule is O=C(NCC(=O)N1CCC(C(=O)c2ccc3c(c2)OCCO3)CC1)c1cc(F)cc(F)c1. The molecule has 1 saturated heterocycles. The average Bonchev–Trinajstić information content (AvgIpc) is 2.81. The van der Waals surface area contributed by atoms with E-state index in [0.29, 0.717) is 62.3 Å². The molecule has 0 atom stereocenters. The molecule has 168 valence electrons. The molecule has 2 amide bonds. The van der Waals surface area contributed by atoms with Gasteiger partial charge < -0.3 is 19.7 Å². The number of nitrogens with zero attached hydrogens (tertiary/aromatic N) is 1. The second-order valence-corrected chi connectivity index (χ2v) is 7.72. The second-order valence-electron chi connectivity index (χ2n) is 7.72. The third kappa shape index (κ3) is 4.87. The molecule has 0 aromatic heterocycles. The number of hydrogen-bond acceptors (Lipinski definition) is 5. The van der Waals surface area contributed by atoms with Crippen LogP contribution in [0.5, 0.6) is 11.5 Å². The summed E-state index contributed by atoms with van der Waals surface area (Å²) in [6.45, 7) is 1.38. The molecule has 7 nitrogen and oxygen atoms in total. The maximum Gasteiger partial charge on any atom is 0.251 e. The Balaban J connectivity index is 1.28. The van der Waals surface area contributed by atoms with E-state index >= 15 is 0 Å². The number of amides is 2. The van der Waals surface area contributed by atoms with Gasteiger partial charge in [0.1, 0.15) is 24.8 Å². The summed E-state index contributed by atoms with van der Waals surface area (Å²) in [5.74, 6) is -1.83. The Hall–Kier alpha value is -3.49. The van der Waals surface area contributed by atoms with Crippen molar-refractivity contribution in [1.29, 1.82) is 0 Å². The molecular formula is C23H22F2N2O5. The summed E-state index contributed by atoms with van der Waals surface area (Å²) < 4.78 is 37.5. The first-order valence-electron chi connectivity index (χ1n) is 10.4. The maximum absolute atomic E-state index is 13.2. The number of benzene rings is 2. The first-order valence-corrected chi connectivity index (χ1v) is 10.4. The predicted molar refractivity (Wildman–Crippen MR) is 110 cm³/mol. The Kier molecular flexibility index (Phi) is 6.34. The minimum absolute atomic E-state index is 0.00416. The van der Waals surface area contributed by atoms with Crippen LogP contribution in [0.3, 0.4) is 0 Å². The molecule has 0 saturated carbocycles. The van der Waals surface area contributed by atoms with Gasteiger partial charge in [-0.3, -0.25) is 14.4 Å². The van der Waals surface area contributed by atoms with E-state index in [1.54, 1.807) is 23.1 Å². The fourth-order valence-corrected chi connectivity index (χ4v) is 3.88. The molecule has 2 aliphatic rings. The highest BCUT2D eigenvalue weighted by atomic mass is 19.1. The number of likely N-dealkylation sites (tertiary alicyclic amines) is 1. The Labute approximate surface area is 183 Å². The number of nitrogens with one attached hydrogen (secondary N) is 1. The van der Waals surface area contributed by atoms with Gasteiger partial charge in [-0.2, -0.15) is 0 Å². The van der Waals surface area contributed by atoms with E-state index in [-0.39, 0.29) is 29.7 Å². The van der Waals surface area contributed by atoms with Crippen LogP contribution in [0.25, 0.3) is 0 Å². The van der Waals surface area contributed by atoms with E-state index in [9.17, 15) is 23.2 Å². The molecule has 0 radical (unpaired) electrons. The monoisotopic (exact) mass is 444 g/mol. The molecule has 9 heteroatoms. The number of ether oxygens (including phenoxy) is 2. The van der Waals surface area contributed by atoms with Crippen molar-refractivity contribution in [3.63, 3.8) is 0 Å². The van der Waals surface area contributed by atoms with Gasteiger partial charge >= 0.3 is 0 Å². The van der Waals surface area contributed by atoms with Crippen LogP contribution in [0.2, 0.25) is 0 Å². The number of piperidine rings is 1. The Morgan fingerprint density at radius 1 is 0.906 bits per heavy atom. The smallest absolute Gasteiger partial charge is 0.251 e. The highest BCUT2D eigenvalue weighted by molar-refractivity contribution is 5.99. The lowest BCUT2D eigenvalue weighted by atomic mass is 9.88. The van der Waals surface area contributed by atoms with Crippen molar-refractivity contribution in [2.45, 2.75) is 12.8 Å². The van der Waals surface area contributed by atoms with Gasteiger partial charge in [0, 0.05) is 36.2 Å². The molecule has 2 aromatic carbocycles.